The number of rotatable bonds is 5. The van der Waals surface area contributed by atoms with E-state index in [1.54, 1.807) is 0 Å². The van der Waals surface area contributed by atoms with Crippen LogP contribution >= 0.6 is 7.60 Å². The van der Waals surface area contributed by atoms with E-state index in [0.29, 0.717) is 0 Å². The van der Waals surface area contributed by atoms with Crippen molar-refractivity contribution in [3.05, 3.63) is 23.5 Å². The number of hydrogen-bond acceptors (Lipinski definition) is 3. The Morgan fingerprint density at radius 3 is 1.87 bits per heavy atom. The number of allylic oxidation sites excluding steroid dienone is 1. The molecule has 15 heavy (non-hydrogen) atoms. The maximum absolute atomic E-state index is 10.8. The lowest BCUT2D eigenvalue weighted by molar-refractivity contribution is -0.135. The quantitative estimate of drug-likeness (QED) is 0.303. The van der Waals surface area contributed by atoms with Crippen LogP contribution in [0.1, 0.15) is 6.42 Å². The molecule has 0 aliphatic carbocycles. The Kier molecular flexibility index (Phi) is 4.41. The molecule has 0 aliphatic heterocycles. The van der Waals surface area contributed by atoms with Crippen molar-refractivity contribution in [3.8, 4) is 0 Å². The second-order valence-electron chi connectivity index (χ2n) is 2.47. The fourth-order valence-corrected chi connectivity index (χ4v) is 1.65. The van der Waals surface area contributed by atoms with E-state index in [2.05, 4.69) is 6.58 Å². The summed E-state index contributed by atoms with van der Waals surface area (Å²) in [4.78, 5) is 38.4. The fourth-order valence-electron chi connectivity index (χ4n) is 0.859. The average Bonchev–Trinajstić information content (AvgIpc) is 1.99. The van der Waals surface area contributed by atoms with E-state index in [-0.39, 0.29) is 0 Å². The van der Waals surface area contributed by atoms with Crippen molar-refractivity contribution in [2.45, 2.75) is 6.42 Å². The fraction of sp³-hybridized carbons (Fsp3) is 0.143. The molecule has 7 nitrogen and oxygen atoms in total. The van der Waals surface area contributed by atoms with Gasteiger partial charge >= 0.3 is 19.5 Å². The van der Waals surface area contributed by atoms with E-state index in [1.165, 1.54) is 0 Å². The predicted octanol–water partition coefficient (Wildman–Crippen LogP) is 0.163. The zero-order valence-corrected chi connectivity index (χ0v) is 8.35. The van der Waals surface area contributed by atoms with Gasteiger partial charge in [0.2, 0.25) is 0 Å². The minimum Gasteiger partial charge on any atom is -0.478 e. The van der Waals surface area contributed by atoms with Crippen molar-refractivity contribution in [3.63, 3.8) is 0 Å². The van der Waals surface area contributed by atoms with E-state index < -0.39 is 36.8 Å². The number of hydrogen-bond donors (Lipinski definition) is 4. The summed E-state index contributed by atoms with van der Waals surface area (Å²) in [5.74, 6) is -3.65. The van der Waals surface area contributed by atoms with Crippen molar-refractivity contribution >= 4 is 19.5 Å². The molecule has 0 amide bonds. The number of carboxylic acids is 2. The highest BCUT2D eigenvalue weighted by atomic mass is 31.2. The first-order valence-corrected chi connectivity index (χ1v) is 5.19. The molecule has 0 atom stereocenters. The van der Waals surface area contributed by atoms with Gasteiger partial charge in [-0.3, -0.25) is 4.57 Å². The zero-order valence-electron chi connectivity index (χ0n) is 7.45. The van der Waals surface area contributed by atoms with E-state index in [1.807, 2.05) is 0 Å². The molecule has 0 saturated heterocycles. The summed E-state index contributed by atoms with van der Waals surface area (Å²) in [6.45, 7) is 3.16. The van der Waals surface area contributed by atoms with Gasteiger partial charge in [-0.25, -0.2) is 9.59 Å². The van der Waals surface area contributed by atoms with Crippen molar-refractivity contribution < 1.29 is 34.2 Å². The first-order valence-electron chi connectivity index (χ1n) is 3.58. The Hall–Kier alpha value is -1.43. The second-order valence-corrected chi connectivity index (χ2v) is 4.01. The summed E-state index contributed by atoms with van der Waals surface area (Å²) >= 11 is 0. The van der Waals surface area contributed by atoms with Gasteiger partial charge in [-0.1, -0.05) is 6.08 Å². The third kappa shape index (κ3) is 3.67. The van der Waals surface area contributed by atoms with E-state index >= 15 is 0 Å². The maximum Gasteiger partial charge on any atom is 0.364 e. The van der Waals surface area contributed by atoms with Crippen LogP contribution in [-0.4, -0.2) is 31.9 Å². The van der Waals surface area contributed by atoms with Crippen LogP contribution in [0.4, 0.5) is 0 Å². The van der Waals surface area contributed by atoms with E-state index in [0.717, 1.165) is 6.08 Å². The minimum atomic E-state index is -5.12. The van der Waals surface area contributed by atoms with Gasteiger partial charge in [0, 0.05) is 0 Å². The van der Waals surface area contributed by atoms with Crippen LogP contribution in [0.2, 0.25) is 0 Å². The lowest BCUT2D eigenvalue weighted by atomic mass is 10.2. The Balaban J connectivity index is 5.78. The van der Waals surface area contributed by atoms with Crippen molar-refractivity contribution in [1.82, 2.24) is 0 Å². The highest BCUT2D eigenvalue weighted by molar-refractivity contribution is 7.58. The van der Waals surface area contributed by atoms with Crippen LogP contribution in [0.15, 0.2) is 23.5 Å². The largest absolute Gasteiger partial charge is 0.478 e. The molecule has 0 bridgehead atoms. The molecule has 0 radical (unpaired) electrons. The first kappa shape index (κ1) is 13.6. The molecular weight excluding hydrogens is 227 g/mol. The molecule has 0 heterocycles. The van der Waals surface area contributed by atoms with E-state index in [9.17, 15) is 14.2 Å². The molecule has 0 spiro atoms. The molecule has 0 aliphatic rings. The second kappa shape index (κ2) is 4.88. The molecule has 8 heteroatoms. The van der Waals surface area contributed by atoms with Crippen molar-refractivity contribution in [1.29, 1.82) is 0 Å². The molecule has 0 aromatic rings. The highest BCUT2D eigenvalue weighted by Crippen LogP contribution is 2.47. The molecule has 0 rings (SSSR count). The minimum absolute atomic E-state index is 0.442. The van der Waals surface area contributed by atoms with Crippen molar-refractivity contribution in [2.75, 3.05) is 0 Å². The maximum atomic E-state index is 10.8. The predicted molar refractivity (Wildman–Crippen MR) is 49.2 cm³/mol. The Bertz CT molecular complexity index is 375. The third-order valence-electron chi connectivity index (χ3n) is 1.39. The summed E-state index contributed by atoms with van der Waals surface area (Å²) in [6, 6.07) is 0. The summed E-state index contributed by atoms with van der Waals surface area (Å²) in [5.41, 5.74) is -0.870. The standard InChI is InChI=1S/C7H9O7P/c1-2-3-4(6(8)9)5(7(10)11)15(12,13)14/h2H,1,3H2,(H,8,9)(H,10,11)(H2,12,13,14)/b5-4-. The molecular formula is C7H9O7P. The zero-order chi connectivity index (χ0) is 12.2. The Labute approximate surface area is 84.5 Å². The van der Waals surface area contributed by atoms with Crippen LogP contribution in [-0.2, 0) is 14.2 Å². The van der Waals surface area contributed by atoms with Crippen LogP contribution < -0.4 is 0 Å². The SMILES string of the molecule is C=CC/C(C(=O)O)=C(\C(=O)O)P(=O)(O)O. The van der Waals surface area contributed by atoms with Crippen molar-refractivity contribution in [2.24, 2.45) is 0 Å². The van der Waals surface area contributed by atoms with Gasteiger partial charge in [0.1, 0.15) is 0 Å². The highest BCUT2D eigenvalue weighted by Gasteiger charge is 2.33. The van der Waals surface area contributed by atoms with E-state index in [4.69, 9.17) is 20.0 Å². The summed E-state index contributed by atoms with van der Waals surface area (Å²) in [5, 5.41) is 15.7. The Morgan fingerprint density at radius 2 is 1.67 bits per heavy atom. The lowest BCUT2D eigenvalue weighted by Crippen LogP contribution is -2.11. The summed E-state index contributed by atoms with van der Waals surface area (Å²) in [7, 11) is -5.12. The van der Waals surface area contributed by atoms with Crippen LogP contribution in [0.5, 0.6) is 0 Å². The molecule has 0 aromatic carbocycles. The van der Waals surface area contributed by atoms with Gasteiger partial charge in [-0.2, -0.15) is 0 Å². The number of carbonyl (C=O) groups is 2. The van der Waals surface area contributed by atoms with Gasteiger partial charge in [0.25, 0.3) is 0 Å². The number of aliphatic carboxylic acids is 2. The number of carboxylic acid groups (broad SMARTS) is 2. The van der Waals surface area contributed by atoms with Crippen LogP contribution in [0.3, 0.4) is 0 Å². The van der Waals surface area contributed by atoms with Gasteiger partial charge in [-0.15, -0.1) is 6.58 Å². The molecule has 0 saturated carbocycles. The van der Waals surface area contributed by atoms with Gasteiger partial charge in [-0.05, 0) is 6.42 Å². The van der Waals surface area contributed by atoms with Gasteiger partial charge in [0.15, 0.2) is 5.31 Å². The first-order chi connectivity index (χ1) is 6.71. The molecule has 0 aromatic heterocycles. The monoisotopic (exact) mass is 236 g/mol. The molecule has 0 unspecified atom stereocenters. The molecule has 84 valence electrons. The average molecular weight is 236 g/mol. The third-order valence-corrected chi connectivity index (χ3v) is 2.43. The normalized spacial score (nSPS) is 12.9. The molecule has 4 N–H and O–H groups in total. The lowest BCUT2D eigenvalue weighted by Gasteiger charge is -2.08. The topological polar surface area (TPSA) is 132 Å². The summed E-state index contributed by atoms with van der Waals surface area (Å²) < 4.78 is 10.8. The smallest absolute Gasteiger partial charge is 0.364 e. The summed E-state index contributed by atoms with van der Waals surface area (Å²) in [6.07, 6.45) is 0.601. The van der Waals surface area contributed by atoms with Gasteiger partial charge in [0.05, 0.1) is 5.57 Å². The Morgan fingerprint density at radius 1 is 1.20 bits per heavy atom. The van der Waals surface area contributed by atoms with Crippen LogP contribution in [0, 0.1) is 0 Å². The van der Waals surface area contributed by atoms with Gasteiger partial charge < -0.3 is 20.0 Å². The van der Waals surface area contributed by atoms with Crippen LogP contribution in [0.25, 0.3) is 0 Å². The molecule has 0 fully saturated rings.